The molecule has 0 saturated heterocycles. The molecule has 84 valence electrons. The van der Waals surface area contributed by atoms with Gasteiger partial charge in [-0.1, -0.05) is 0 Å². The Kier molecular flexibility index (Phi) is 6.04. The van der Waals surface area contributed by atoms with Gasteiger partial charge < -0.3 is 0 Å². The van der Waals surface area contributed by atoms with E-state index in [0.29, 0.717) is 0 Å². The van der Waals surface area contributed by atoms with Gasteiger partial charge in [-0.05, 0) is 0 Å². The van der Waals surface area contributed by atoms with Crippen LogP contribution in [0.25, 0.3) is 0 Å². The van der Waals surface area contributed by atoms with E-state index in [9.17, 15) is 0 Å². The predicted octanol–water partition coefficient (Wildman–Crippen LogP) is 4.86. The molecule has 0 N–H and O–H groups in total. The van der Waals surface area contributed by atoms with Gasteiger partial charge in [0.1, 0.15) is 0 Å². The number of allylic oxidation sites excluding steroid dienone is 1. The Hall–Kier alpha value is 0.756. The second kappa shape index (κ2) is 5.73. The second-order valence-corrected chi connectivity index (χ2v) is 26.1. The Morgan fingerprint density at radius 2 is 1.64 bits per heavy atom. The number of rotatable bonds is 5. The topological polar surface area (TPSA) is 0 Å². The zero-order valence-corrected chi connectivity index (χ0v) is 15.1. The van der Waals surface area contributed by atoms with E-state index in [0.717, 1.165) is 0 Å². The molecule has 0 heterocycles. The molecule has 14 heavy (non-hydrogen) atoms. The quantitative estimate of drug-likeness (QED) is 0.635. The van der Waals surface area contributed by atoms with E-state index < -0.39 is 26.5 Å². The van der Waals surface area contributed by atoms with Crippen LogP contribution in [0.5, 0.6) is 0 Å². The molecule has 0 rings (SSSR count). The summed E-state index contributed by atoms with van der Waals surface area (Å²) in [5, 5.41) is 0. The Balaban J connectivity index is 4.65. The molecule has 0 amide bonds. The van der Waals surface area contributed by atoms with Crippen molar-refractivity contribution in [3.8, 4) is 0 Å². The van der Waals surface area contributed by atoms with Crippen molar-refractivity contribution in [3.63, 3.8) is 0 Å². The zero-order valence-electron chi connectivity index (χ0n) is 11.2. The van der Waals surface area contributed by atoms with Crippen LogP contribution in [0.15, 0.2) is 9.29 Å². The summed E-state index contributed by atoms with van der Waals surface area (Å²) < 4.78 is 1.89. The summed E-state index contributed by atoms with van der Waals surface area (Å²) >= 11 is -1.76. The van der Waals surface area contributed by atoms with Crippen molar-refractivity contribution in [2.45, 2.75) is 60.6 Å². The Morgan fingerprint density at radius 3 is 1.93 bits per heavy atom. The monoisotopic (exact) mass is 320 g/mol. The first-order valence-electron chi connectivity index (χ1n) is 5.89. The van der Waals surface area contributed by atoms with E-state index in [1.807, 2.05) is 3.59 Å². The van der Waals surface area contributed by atoms with E-state index >= 15 is 0 Å². The van der Waals surface area contributed by atoms with Crippen molar-refractivity contribution >= 4 is 26.5 Å². The van der Waals surface area contributed by atoms with Crippen molar-refractivity contribution in [2.75, 3.05) is 0 Å². The fourth-order valence-electron chi connectivity index (χ4n) is 1.55. The number of hydrogen-bond donors (Lipinski definition) is 0. The number of hydrogen-bond acceptors (Lipinski definition) is 0. The Bertz CT molecular complexity index is 193. The summed E-state index contributed by atoms with van der Waals surface area (Å²) in [5.41, 5.74) is 2.69. The second-order valence-electron chi connectivity index (χ2n) is 6.39. The first-order chi connectivity index (χ1) is 6.17. The van der Waals surface area contributed by atoms with Gasteiger partial charge in [0.15, 0.2) is 0 Å². The molecule has 0 aliphatic heterocycles. The average Bonchev–Trinajstić information content (AvgIpc) is 1.93. The molecular formula is C12H28SiSn. The van der Waals surface area contributed by atoms with Crippen molar-refractivity contribution in [1.29, 1.82) is 0 Å². The van der Waals surface area contributed by atoms with Gasteiger partial charge in [0.05, 0.1) is 0 Å². The predicted molar refractivity (Wildman–Crippen MR) is 74.3 cm³/mol. The molecule has 0 bridgehead atoms. The van der Waals surface area contributed by atoms with E-state index in [-0.39, 0.29) is 0 Å². The molecule has 0 aromatic heterocycles. The van der Waals surface area contributed by atoms with Crippen LogP contribution in [-0.2, 0) is 0 Å². The summed E-state index contributed by atoms with van der Waals surface area (Å²) in [4.78, 5) is 7.66. The van der Waals surface area contributed by atoms with Crippen LogP contribution >= 0.6 is 0 Å². The zero-order chi connectivity index (χ0) is 11.4. The van der Waals surface area contributed by atoms with Gasteiger partial charge in [0, 0.05) is 0 Å². The van der Waals surface area contributed by atoms with Crippen LogP contribution < -0.4 is 0 Å². The summed E-state index contributed by atoms with van der Waals surface area (Å²) in [7, 11) is -0.990. The SMILES string of the molecule is CCCC/[C](=C/[Si](C)(C)C)[Sn]([CH3])([CH3])[CH3]. The molecule has 0 aliphatic rings. The maximum absolute atomic E-state index is 2.69. The molecule has 0 atom stereocenters. The van der Waals surface area contributed by atoms with E-state index in [1.165, 1.54) is 19.3 Å². The minimum absolute atomic E-state index is 0.990. The molecule has 0 radical (unpaired) electrons. The standard InChI is InChI=1S/C9H19Si.3CH3.Sn/c1-5-6-7-8-9-10(2,3)4;;;;/h9H,5-7H2,1-4H3;3*1H3;. The third kappa shape index (κ3) is 7.10. The molecule has 0 nitrogen and oxygen atoms in total. The van der Waals surface area contributed by atoms with Crippen LogP contribution in [0.4, 0.5) is 0 Å². The van der Waals surface area contributed by atoms with Crippen molar-refractivity contribution < 1.29 is 0 Å². The minimum atomic E-state index is -1.76. The molecule has 0 fully saturated rings. The molecule has 0 unspecified atom stereocenters. The molecule has 2 heteroatoms. The van der Waals surface area contributed by atoms with Crippen molar-refractivity contribution in [1.82, 2.24) is 0 Å². The number of unbranched alkanes of at least 4 members (excludes halogenated alkanes) is 1. The summed E-state index contributed by atoms with van der Waals surface area (Å²) in [6.45, 7) is 9.66. The first kappa shape index (κ1) is 14.8. The average molecular weight is 319 g/mol. The van der Waals surface area contributed by atoms with Crippen LogP contribution in [0, 0.1) is 0 Å². The van der Waals surface area contributed by atoms with Gasteiger partial charge in [0.2, 0.25) is 0 Å². The fourth-order valence-corrected chi connectivity index (χ4v) is 13.2. The molecule has 0 aromatic carbocycles. The van der Waals surface area contributed by atoms with Crippen LogP contribution in [0.2, 0.25) is 34.5 Å². The molecule has 0 aliphatic carbocycles. The van der Waals surface area contributed by atoms with Crippen molar-refractivity contribution in [3.05, 3.63) is 9.29 Å². The van der Waals surface area contributed by atoms with Crippen LogP contribution in [-0.4, -0.2) is 26.5 Å². The Morgan fingerprint density at radius 1 is 1.14 bits per heavy atom. The van der Waals surface area contributed by atoms with Gasteiger partial charge in [-0.15, -0.1) is 0 Å². The van der Waals surface area contributed by atoms with Gasteiger partial charge in [-0.2, -0.15) is 0 Å². The van der Waals surface area contributed by atoms with Gasteiger partial charge >= 0.3 is 96.4 Å². The maximum atomic E-state index is 2.69. The van der Waals surface area contributed by atoms with Gasteiger partial charge in [-0.3, -0.25) is 0 Å². The summed E-state index contributed by atoms with van der Waals surface area (Å²) in [5.74, 6) is 0. The molecule has 0 spiro atoms. The molecule has 0 aromatic rings. The van der Waals surface area contributed by atoms with Crippen molar-refractivity contribution in [2.24, 2.45) is 0 Å². The van der Waals surface area contributed by atoms with Gasteiger partial charge in [-0.25, -0.2) is 0 Å². The first-order valence-corrected chi connectivity index (χ1v) is 19.5. The Labute approximate surface area is 96.1 Å². The van der Waals surface area contributed by atoms with E-state index in [1.54, 1.807) is 0 Å². The fraction of sp³-hybridized carbons (Fsp3) is 0.833. The molecule has 0 saturated carbocycles. The van der Waals surface area contributed by atoms with Gasteiger partial charge in [0.25, 0.3) is 0 Å². The van der Waals surface area contributed by atoms with E-state index in [4.69, 9.17) is 0 Å². The third-order valence-corrected chi connectivity index (χ3v) is 11.0. The van der Waals surface area contributed by atoms with E-state index in [2.05, 4.69) is 47.1 Å². The third-order valence-electron chi connectivity index (χ3n) is 2.37. The molecular weight excluding hydrogens is 291 g/mol. The summed E-state index contributed by atoms with van der Waals surface area (Å²) in [6.07, 6.45) is 4.12. The van der Waals surface area contributed by atoms with Crippen LogP contribution in [0.1, 0.15) is 26.2 Å². The normalized spacial score (nSPS) is 14.6. The summed E-state index contributed by atoms with van der Waals surface area (Å²) in [6, 6.07) is 0. The van der Waals surface area contributed by atoms with Crippen LogP contribution in [0.3, 0.4) is 0 Å².